The molecule has 1 saturated carbocycles. The maximum Gasteiger partial charge on any atom is 0.235 e. The van der Waals surface area contributed by atoms with Crippen LogP contribution in [0.1, 0.15) is 24.0 Å². The molecule has 0 aromatic heterocycles. The minimum atomic E-state index is -0.537. The lowest BCUT2D eigenvalue weighted by atomic mass is 9.94. The lowest BCUT2D eigenvalue weighted by molar-refractivity contribution is -0.118. The summed E-state index contributed by atoms with van der Waals surface area (Å²) in [7, 11) is 0. The fraction of sp³-hybridized carbons (Fsp3) is 0.235. The number of benzene rings is 2. The van der Waals surface area contributed by atoms with E-state index in [0.717, 1.165) is 24.0 Å². The molecule has 0 spiro atoms. The van der Waals surface area contributed by atoms with Crippen LogP contribution >= 0.6 is 0 Å². The van der Waals surface area contributed by atoms with Gasteiger partial charge in [-0.25, -0.2) is 4.39 Å². The molecule has 1 aliphatic carbocycles. The number of aryl methyl sites for hydroxylation is 1. The zero-order chi connectivity index (χ0) is 15.0. The molecule has 2 aromatic rings. The number of rotatable bonds is 3. The molecule has 108 valence electrons. The van der Waals surface area contributed by atoms with E-state index in [1.54, 1.807) is 24.3 Å². The Morgan fingerprint density at radius 3 is 2.43 bits per heavy atom. The first kappa shape index (κ1) is 13.6. The van der Waals surface area contributed by atoms with Gasteiger partial charge in [-0.15, -0.1) is 0 Å². The van der Waals surface area contributed by atoms with Crippen molar-refractivity contribution in [1.82, 2.24) is 0 Å². The van der Waals surface area contributed by atoms with Crippen LogP contribution in [0.25, 0.3) is 0 Å². The fourth-order valence-electron chi connectivity index (χ4n) is 2.54. The largest absolute Gasteiger partial charge is 0.399 e. The lowest BCUT2D eigenvalue weighted by Gasteiger charge is -2.16. The van der Waals surface area contributed by atoms with Gasteiger partial charge in [-0.2, -0.15) is 0 Å². The molecule has 4 heteroatoms. The molecule has 0 atom stereocenters. The number of carbonyl (C=O) groups excluding carboxylic acids is 1. The Hall–Kier alpha value is -2.36. The standard InChI is InChI=1S/C17H17FN2O/c1-11-2-7-15(14(18)10-11)20-16(21)17(8-9-17)12-3-5-13(19)6-4-12/h2-7,10H,8-9,19H2,1H3,(H,20,21). The van der Waals surface area contributed by atoms with Gasteiger partial charge in [0, 0.05) is 5.69 Å². The molecule has 2 aromatic carbocycles. The Kier molecular flexibility index (Phi) is 3.16. The highest BCUT2D eigenvalue weighted by Gasteiger charge is 2.51. The van der Waals surface area contributed by atoms with Gasteiger partial charge in [-0.05, 0) is 55.2 Å². The summed E-state index contributed by atoms with van der Waals surface area (Å²) in [5, 5.41) is 2.71. The van der Waals surface area contributed by atoms with Gasteiger partial charge in [-0.1, -0.05) is 18.2 Å². The van der Waals surface area contributed by atoms with Crippen LogP contribution in [0.15, 0.2) is 42.5 Å². The van der Waals surface area contributed by atoms with Crippen LogP contribution in [0, 0.1) is 12.7 Å². The highest BCUT2D eigenvalue weighted by molar-refractivity contribution is 6.01. The molecule has 3 N–H and O–H groups in total. The fourth-order valence-corrected chi connectivity index (χ4v) is 2.54. The molecule has 0 saturated heterocycles. The monoisotopic (exact) mass is 284 g/mol. The van der Waals surface area contributed by atoms with Gasteiger partial charge in [0.15, 0.2) is 0 Å². The van der Waals surface area contributed by atoms with Gasteiger partial charge >= 0.3 is 0 Å². The van der Waals surface area contributed by atoms with Crippen LogP contribution in [-0.2, 0) is 10.2 Å². The van der Waals surface area contributed by atoms with E-state index in [1.165, 1.54) is 6.07 Å². The van der Waals surface area contributed by atoms with Crippen LogP contribution in [-0.4, -0.2) is 5.91 Å². The van der Waals surface area contributed by atoms with Crippen molar-refractivity contribution in [2.45, 2.75) is 25.2 Å². The van der Waals surface area contributed by atoms with Crippen molar-refractivity contribution in [1.29, 1.82) is 0 Å². The van der Waals surface area contributed by atoms with E-state index >= 15 is 0 Å². The lowest BCUT2D eigenvalue weighted by Crippen LogP contribution is -2.28. The van der Waals surface area contributed by atoms with Crippen molar-refractivity contribution in [2.75, 3.05) is 11.1 Å². The van der Waals surface area contributed by atoms with E-state index in [-0.39, 0.29) is 11.6 Å². The highest BCUT2D eigenvalue weighted by Crippen LogP contribution is 2.49. The number of nitrogens with two attached hydrogens (primary N) is 1. The van der Waals surface area contributed by atoms with Crippen LogP contribution in [0.5, 0.6) is 0 Å². The smallest absolute Gasteiger partial charge is 0.235 e. The van der Waals surface area contributed by atoms with Crippen molar-refractivity contribution in [2.24, 2.45) is 0 Å². The average Bonchev–Trinajstić information content (AvgIpc) is 3.24. The van der Waals surface area contributed by atoms with Gasteiger partial charge < -0.3 is 11.1 Å². The van der Waals surface area contributed by atoms with E-state index in [4.69, 9.17) is 5.73 Å². The molecular weight excluding hydrogens is 267 g/mol. The summed E-state index contributed by atoms with van der Waals surface area (Å²) in [5.74, 6) is -0.563. The summed E-state index contributed by atoms with van der Waals surface area (Å²) in [6.45, 7) is 1.81. The third-order valence-electron chi connectivity index (χ3n) is 4.02. The minimum absolute atomic E-state index is 0.157. The number of hydrogen-bond acceptors (Lipinski definition) is 2. The topological polar surface area (TPSA) is 55.1 Å². The highest BCUT2D eigenvalue weighted by atomic mass is 19.1. The van der Waals surface area contributed by atoms with Crippen LogP contribution in [0.3, 0.4) is 0 Å². The number of hydrogen-bond donors (Lipinski definition) is 2. The molecule has 1 fully saturated rings. The predicted octanol–water partition coefficient (Wildman–Crippen LogP) is 3.39. The first-order valence-electron chi connectivity index (χ1n) is 6.95. The summed E-state index contributed by atoms with van der Waals surface area (Å²) in [6.07, 6.45) is 1.55. The van der Waals surface area contributed by atoms with Crippen molar-refractivity contribution < 1.29 is 9.18 Å². The van der Waals surface area contributed by atoms with Crippen LogP contribution < -0.4 is 11.1 Å². The third kappa shape index (κ3) is 2.49. The Morgan fingerprint density at radius 2 is 1.86 bits per heavy atom. The van der Waals surface area contributed by atoms with Gasteiger partial charge in [0.1, 0.15) is 5.82 Å². The number of nitrogen functional groups attached to an aromatic ring is 1. The van der Waals surface area contributed by atoms with Crippen molar-refractivity contribution in [3.63, 3.8) is 0 Å². The first-order chi connectivity index (χ1) is 10.0. The molecule has 0 aliphatic heterocycles. The van der Waals surface area contributed by atoms with Gasteiger partial charge in [0.25, 0.3) is 0 Å². The maximum atomic E-state index is 13.8. The molecule has 1 aliphatic rings. The second-order valence-electron chi connectivity index (χ2n) is 5.64. The summed E-state index contributed by atoms with van der Waals surface area (Å²) in [4.78, 5) is 12.5. The molecule has 21 heavy (non-hydrogen) atoms. The second-order valence-corrected chi connectivity index (χ2v) is 5.64. The zero-order valence-corrected chi connectivity index (χ0v) is 11.8. The van der Waals surface area contributed by atoms with E-state index in [1.807, 2.05) is 19.1 Å². The number of anilines is 2. The Balaban J connectivity index is 1.83. The number of nitrogens with one attached hydrogen (secondary N) is 1. The molecule has 0 heterocycles. The van der Waals surface area contributed by atoms with E-state index in [2.05, 4.69) is 5.32 Å². The van der Waals surface area contributed by atoms with Gasteiger partial charge in [-0.3, -0.25) is 4.79 Å². The number of amides is 1. The van der Waals surface area contributed by atoms with E-state index in [0.29, 0.717) is 5.69 Å². The molecule has 3 rings (SSSR count). The van der Waals surface area contributed by atoms with Gasteiger partial charge in [0.05, 0.1) is 11.1 Å². The normalized spacial score (nSPS) is 15.5. The summed E-state index contributed by atoms with van der Waals surface area (Å²) in [5.41, 5.74) is 7.79. The Bertz CT molecular complexity index is 690. The minimum Gasteiger partial charge on any atom is -0.399 e. The van der Waals surface area contributed by atoms with Crippen molar-refractivity contribution in [3.05, 3.63) is 59.4 Å². The second kappa shape index (κ2) is 4.88. The van der Waals surface area contributed by atoms with Crippen LogP contribution in [0.4, 0.5) is 15.8 Å². The SMILES string of the molecule is Cc1ccc(NC(=O)C2(c3ccc(N)cc3)CC2)c(F)c1. The quantitative estimate of drug-likeness (QED) is 0.849. The van der Waals surface area contributed by atoms with Crippen molar-refractivity contribution >= 4 is 17.3 Å². The molecule has 3 nitrogen and oxygen atoms in total. The van der Waals surface area contributed by atoms with Gasteiger partial charge in [0.2, 0.25) is 5.91 Å². The number of halogens is 1. The molecule has 0 bridgehead atoms. The van der Waals surface area contributed by atoms with E-state index in [9.17, 15) is 9.18 Å². The predicted molar refractivity (Wildman–Crippen MR) is 81.5 cm³/mol. The molecule has 0 radical (unpaired) electrons. The average molecular weight is 284 g/mol. The summed E-state index contributed by atoms with van der Waals surface area (Å²) < 4.78 is 13.8. The summed E-state index contributed by atoms with van der Waals surface area (Å²) in [6, 6.07) is 12.1. The molecule has 0 unspecified atom stereocenters. The third-order valence-corrected chi connectivity index (χ3v) is 4.02. The summed E-state index contributed by atoms with van der Waals surface area (Å²) >= 11 is 0. The Labute approximate surface area is 123 Å². The zero-order valence-electron chi connectivity index (χ0n) is 11.8. The van der Waals surface area contributed by atoms with E-state index < -0.39 is 11.2 Å². The first-order valence-corrected chi connectivity index (χ1v) is 6.95. The van der Waals surface area contributed by atoms with Crippen LogP contribution in [0.2, 0.25) is 0 Å². The molecule has 1 amide bonds. The maximum absolute atomic E-state index is 13.8. The van der Waals surface area contributed by atoms with Crippen molar-refractivity contribution in [3.8, 4) is 0 Å². The molecular formula is C17H17FN2O. The Morgan fingerprint density at radius 1 is 1.19 bits per heavy atom. The number of carbonyl (C=O) groups is 1.